The molecule has 5 heteroatoms. The molecule has 0 aliphatic carbocycles. The summed E-state index contributed by atoms with van der Waals surface area (Å²) in [6.07, 6.45) is 0.773. The van der Waals surface area contributed by atoms with E-state index < -0.39 is 0 Å². The highest BCUT2D eigenvalue weighted by Crippen LogP contribution is 2.20. The Morgan fingerprint density at radius 2 is 1.53 bits per heavy atom. The van der Waals surface area contributed by atoms with Crippen LogP contribution < -0.4 is 5.32 Å². The molecule has 0 atom stereocenters. The normalized spacial score (nSPS) is 10.7. The lowest BCUT2D eigenvalue weighted by Crippen LogP contribution is -2.14. The van der Waals surface area contributed by atoms with E-state index >= 15 is 0 Å². The predicted molar refractivity (Wildman–Crippen MR) is 117 cm³/mol. The average molecular weight is 397 g/mol. The summed E-state index contributed by atoms with van der Waals surface area (Å²) < 4.78 is 5.59. The Labute approximate surface area is 175 Å². The van der Waals surface area contributed by atoms with Gasteiger partial charge in [-0.15, -0.1) is 5.10 Å². The molecule has 30 heavy (non-hydrogen) atoms. The maximum absolute atomic E-state index is 12.3. The Kier molecular flexibility index (Phi) is 5.70. The lowest BCUT2D eigenvalue weighted by Gasteiger charge is -2.04. The van der Waals surface area contributed by atoms with E-state index in [1.807, 2.05) is 48.5 Å². The third kappa shape index (κ3) is 4.81. The molecular weight excluding hydrogens is 374 g/mol. The van der Waals surface area contributed by atoms with Crippen LogP contribution in [0, 0.1) is 13.8 Å². The molecule has 4 aromatic rings. The molecule has 0 spiro atoms. The van der Waals surface area contributed by atoms with Crippen molar-refractivity contribution >= 4 is 11.9 Å². The first-order valence-corrected chi connectivity index (χ1v) is 9.89. The van der Waals surface area contributed by atoms with Gasteiger partial charge in [0, 0.05) is 0 Å². The number of aryl methyl sites for hydroxylation is 2. The van der Waals surface area contributed by atoms with Crippen molar-refractivity contribution < 1.29 is 9.21 Å². The van der Waals surface area contributed by atoms with Crippen molar-refractivity contribution in [2.24, 2.45) is 0 Å². The van der Waals surface area contributed by atoms with E-state index in [-0.39, 0.29) is 18.3 Å². The van der Waals surface area contributed by atoms with Gasteiger partial charge in [0.1, 0.15) is 0 Å². The number of anilines is 1. The van der Waals surface area contributed by atoms with E-state index in [0.29, 0.717) is 12.3 Å². The first-order valence-electron chi connectivity index (χ1n) is 9.89. The van der Waals surface area contributed by atoms with E-state index in [0.717, 1.165) is 22.3 Å². The molecule has 1 amide bonds. The smallest absolute Gasteiger partial charge is 0.322 e. The fraction of sp³-hybridized carbons (Fsp3) is 0.160. The number of carbonyl (C=O) groups excluding carboxylic acids is 1. The zero-order valence-corrected chi connectivity index (χ0v) is 17.1. The number of nitrogens with zero attached hydrogens (tertiary/aromatic N) is 2. The summed E-state index contributed by atoms with van der Waals surface area (Å²) in [5.74, 6) is 0.282. The minimum atomic E-state index is -0.191. The molecule has 1 N–H and O–H groups in total. The highest BCUT2D eigenvalue weighted by atomic mass is 16.4. The summed E-state index contributed by atoms with van der Waals surface area (Å²) in [6, 6.07) is 24.4. The Balaban J connectivity index is 1.35. The molecule has 0 saturated carbocycles. The van der Waals surface area contributed by atoms with Crippen molar-refractivity contribution in [3.63, 3.8) is 0 Å². The van der Waals surface area contributed by atoms with Crippen LogP contribution in [0.15, 0.2) is 77.2 Å². The summed E-state index contributed by atoms with van der Waals surface area (Å²) in [7, 11) is 0. The molecule has 0 saturated heterocycles. The minimum absolute atomic E-state index is 0.125. The van der Waals surface area contributed by atoms with Crippen LogP contribution in [0.25, 0.3) is 11.1 Å². The molecule has 0 aliphatic rings. The molecule has 0 fully saturated rings. The van der Waals surface area contributed by atoms with Gasteiger partial charge in [0.2, 0.25) is 11.8 Å². The van der Waals surface area contributed by atoms with Crippen molar-refractivity contribution in [2.75, 3.05) is 5.32 Å². The summed E-state index contributed by atoms with van der Waals surface area (Å²) in [4.78, 5) is 12.3. The number of amides is 1. The van der Waals surface area contributed by atoms with Gasteiger partial charge in [0.25, 0.3) is 0 Å². The fourth-order valence-electron chi connectivity index (χ4n) is 3.26. The van der Waals surface area contributed by atoms with Gasteiger partial charge in [-0.1, -0.05) is 77.9 Å². The first kappa shape index (κ1) is 19.6. The summed E-state index contributed by atoms with van der Waals surface area (Å²) in [5, 5.41) is 10.7. The number of aromatic nitrogens is 2. The van der Waals surface area contributed by atoms with E-state index in [9.17, 15) is 4.79 Å². The lowest BCUT2D eigenvalue weighted by molar-refractivity contribution is -0.115. The SMILES string of the molecule is Cc1ccc(Cc2nnc(NC(=O)Cc3ccc(-c4ccccc4)cc3)o2)cc1C. The van der Waals surface area contributed by atoms with E-state index in [1.165, 1.54) is 11.1 Å². The van der Waals surface area contributed by atoms with E-state index in [4.69, 9.17) is 4.42 Å². The topological polar surface area (TPSA) is 68.0 Å². The van der Waals surface area contributed by atoms with Gasteiger partial charge in [0.05, 0.1) is 12.8 Å². The third-order valence-electron chi connectivity index (χ3n) is 5.07. The largest absolute Gasteiger partial charge is 0.407 e. The van der Waals surface area contributed by atoms with Crippen molar-refractivity contribution in [3.8, 4) is 11.1 Å². The fourth-order valence-corrected chi connectivity index (χ4v) is 3.26. The molecule has 0 aliphatic heterocycles. The summed E-state index contributed by atoms with van der Waals surface area (Å²) >= 11 is 0. The van der Waals surface area contributed by atoms with Crippen LogP contribution in [0.3, 0.4) is 0 Å². The Bertz CT molecular complexity index is 1150. The monoisotopic (exact) mass is 397 g/mol. The summed E-state index contributed by atoms with van der Waals surface area (Å²) in [6.45, 7) is 4.15. The second kappa shape index (κ2) is 8.74. The van der Waals surface area contributed by atoms with Crippen LogP contribution in [0.4, 0.5) is 6.01 Å². The highest BCUT2D eigenvalue weighted by molar-refractivity contribution is 5.90. The average Bonchev–Trinajstić information content (AvgIpc) is 3.18. The second-order valence-corrected chi connectivity index (χ2v) is 7.38. The third-order valence-corrected chi connectivity index (χ3v) is 5.07. The van der Waals surface area contributed by atoms with Crippen molar-refractivity contribution in [2.45, 2.75) is 26.7 Å². The van der Waals surface area contributed by atoms with Gasteiger partial charge >= 0.3 is 6.01 Å². The quantitative estimate of drug-likeness (QED) is 0.490. The molecule has 5 nitrogen and oxygen atoms in total. The van der Waals surface area contributed by atoms with Gasteiger partial charge in [-0.3, -0.25) is 10.1 Å². The van der Waals surface area contributed by atoms with Gasteiger partial charge in [-0.25, -0.2) is 0 Å². The number of rotatable bonds is 6. The molecular formula is C25H23N3O2. The number of carbonyl (C=O) groups is 1. The molecule has 0 radical (unpaired) electrons. The molecule has 1 aromatic heterocycles. The zero-order chi connectivity index (χ0) is 20.9. The molecule has 150 valence electrons. The summed E-state index contributed by atoms with van der Waals surface area (Å²) in [5.41, 5.74) is 6.75. The molecule has 3 aromatic carbocycles. The van der Waals surface area contributed by atoms with Crippen LogP contribution in [0.2, 0.25) is 0 Å². The van der Waals surface area contributed by atoms with Gasteiger partial charge < -0.3 is 4.42 Å². The highest BCUT2D eigenvalue weighted by Gasteiger charge is 2.11. The van der Waals surface area contributed by atoms with Crippen LogP contribution in [0.5, 0.6) is 0 Å². The maximum atomic E-state index is 12.3. The second-order valence-electron chi connectivity index (χ2n) is 7.38. The van der Waals surface area contributed by atoms with Crippen molar-refractivity contribution in [1.82, 2.24) is 10.2 Å². The van der Waals surface area contributed by atoms with E-state index in [1.54, 1.807) is 0 Å². The Morgan fingerprint density at radius 1 is 0.833 bits per heavy atom. The standard InChI is InChI=1S/C25H23N3O2/c1-17-8-9-20(14-18(17)2)16-24-27-28-25(30-24)26-23(29)15-19-10-12-22(13-11-19)21-6-4-3-5-7-21/h3-14H,15-16H2,1-2H3,(H,26,28,29). The van der Waals surface area contributed by atoms with Crippen LogP contribution in [-0.4, -0.2) is 16.1 Å². The molecule has 4 rings (SSSR count). The van der Waals surface area contributed by atoms with Crippen LogP contribution in [0.1, 0.15) is 28.1 Å². The molecule has 0 bridgehead atoms. The number of hydrogen-bond acceptors (Lipinski definition) is 4. The van der Waals surface area contributed by atoms with Gasteiger partial charge in [-0.05, 0) is 47.2 Å². The van der Waals surface area contributed by atoms with Crippen LogP contribution >= 0.6 is 0 Å². The minimum Gasteiger partial charge on any atom is -0.407 e. The maximum Gasteiger partial charge on any atom is 0.322 e. The number of benzene rings is 3. The lowest BCUT2D eigenvalue weighted by atomic mass is 10.0. The van der Waals surface area contributed by atoms with Gasteiger partial charge in [-0.2, -0.15) is 0 Å². The number of hydrogen-bond donors (Lipinski definition) is 1. The first-order chi connectivity index (χ1) is 14.6. The Hall–Kier alpha value is -3.73. The van der Waals surface area contributed by atoms with Crippen molar-refractivity contribution in [1.29, 1.82) is 0 Å². The molecule has 0 unspecified atom stereocenters. The Morgan fingerprint density at radius 3 is 2.27 bits per heavy atom. The van der Waals surface area contributed by atoms with Gasteiger partial charge in [0.15, 0.2) is 0 Å². The van der Waals surface area contributed by atoms with E-state index in [2.05, 4.69) is 53.6 Å². The van der Waals surface area contributed by atoms with Crippen LogP contribution in [-0.2, 0) is 17.6 Å². The predicted octanol–water partition coefficient (Wildman–Crippen LogP) is 5.13. The zero-order valence-electron chi connectivity index (χ0n) is 17.1. The van der Waals surface area contributed by atoms with Crippen molar-refractivity contribution in [3.05, 3.63) is 101 Å². The number of nitrogens with one attached hydrogen (secondary N) is 1. The molecule has 1 heterocycles.